The summed E-state index contributed by atoms with van der Waals surface area (Å²) >= 11 is 1.67. The van der Waals surface area contributed by atoms with Crippen LogP contribution in [0.25, 0.3) is 0 Å². The van der Waals surface area contributed by atoms with Gasteiger partial charge in [-0.1, -0.05) is 60.7 Å². The van der Waals surface area contributed by atoms with Crippen molar-refractivity contribution < 1.29 is 9.47 Å². The van der Waals surface area contributed by atoms with Gasteiger partial charge in [0.1, 0.15) is 24.7 Å². The molecule has 0 aliphatic carbocycles. The molecule has 3 heteroatoms. The van der Waals surface area contributed by atoms with Crippen molar-refractivity contribution in [2.24, 2.45) is 0 Å². The summed E-state index contributed by atoms with van der Waals surface area (Å²) < 4.78 is 11.9. The maximum Gasteiger partial charge on any atom is 0.137 e. The Bertz CT molecular complexity index is 757. The largest absolute Gasteiger partial charge is 0.489 e. The van der Waals surface area contributed by atoms with Crippen LogP contribution >= 0.6 is 11.8 Å². The van der Waals surface area contributed by atoms with E-state index in [4.69, 9.17) is 9.47 Å². The molecule has 0 atom stereocenters. The van der Waals surface area contributed by atoms with Crippen molar-refractivity contribution in [3.8, 4) is 11.5 Å². The summed E-state index contributed by atoms with van der Waals surface area (Å²) in [6, 6.07) is 26.3. The molecule has 0 aliphatic rings. The summed E-state index contributed by atoms with van der Waals surface area (Å²) in [6.07, 6.45) is 2.05. The Labute approximate surface area is 147 Å². The molecule has 24 heavy (non-hydrogen) atoms. The van der Waals surface area contributed by atoms with Crippen LogP contribution in [0.1, 0.15) is 11.1 Å². The molecule has 0 unspecified atom stereocenters. The van der Waals surface area contributed by atoms with E-state index >= 15 is 0 Å². The second-order valence-corrected chi connectivity index (χ2v) is 6.21. The van der Waals surface area contributed by atoms with Crippen LogP contribution in [0.15, 0.2) is 83.8 Å². The average molecular weight is 336 g/mol. The highest BCUT2D eigenvalue weighted by molar-refractivity contribution is 7.98. The summed E-state index contributed by atoms with van der Waals surface area (Å²) in [5.41, 5.74) is 2.30. The molecular weight excluding hydrogens is 316 g/mol. The molecule has 122 valence electrons. The Morgan fingerprint density at radius 3 is 1.88 bits per heavy atom. The monoisotopic (exact) mass is 336 g/mol. The predicted octanol–water partition coefficient (Wildman–Crippen LogP) is 5.57. The number of hydrogen-bond acceptors (Lipinski definition) is 3. The summed E-state index contributed by atoms with van der Waals surface area (Å²) in [6.45, 7) is 1.11. The molecule has 0 aliphatic heterocycles. The number of ether oxygens (including phenoxy) is 2. The van der Waals surface area contributed by atoms with Gasteiger partial charge >= 0.3 is 0 Å². The summed E-state index contributed by atoms with van der Waals surface area (Å²) in [7, 11) is 0. The number of benzene rings is 3. The fourth-order valence-corrected chi connectivity index (χ4v) is 2.86. The molecule has 0 saturated heterocycles. The first-order valence-electron chi connectivity index (χ1n) is 7.86. The third-order valence-corrected chi connectivity index (χ3v) is 4.40. The second kappa shape index (κ2) is 8.46. The Morgan fingerprint density at radius 2 is 1.29 bits per heavy atom. The van der Waals surface area contributed by atoms with Crippen molar-refractivity contribution in [3.05, 3.63) is 90.0 Å². The highest BCUT2D eigenvalue weighted by Crippen LogP contribution is 2.32. The first-order chi connectivity index (χ1) is 11.8. The minimum Gasteiger partial charge on any atom is -0.489 e. The van der Waals surface area contributed by atoms with E-state index in [9.17, 15) is 0 Å². The lowest BCUT2D eigenvalue weighted by Crippen LogP contribution is -1.98. The molecule has 0 saturated carbocycles. The Morgan fingerprint density at radius 1 is 0.708 bits per heavy atom. The van der Waals surface area contributed by atoms with Crippen LogP contribution in [0.4, 0.5) is 0 Å². The lowest BCUT2D eigenvalue weighted by atomic mass is 10.2. The van der Waals surface area contributed by atoms with E-state index in [1.165, 1.54) is 0 Å². The van der Waals surface area contributed by atoms with Gasteiger partial charge < -0.3 is 9.47 Å². The SMILES string of the molecule is CSc1ccc(OCc2ccccc2)cc1OCc1ccccc1. The van der Waals surface area contributed by atoms with Gasteiger partial charge in [-0.25, -0.2) is 0 Å². The van der Waals surface area contributed by atoms with Crippen LogP contribution in [0.3, 0.4) is 0 Å². The average Bonchev–Trinajstić information content (AvgIpc) is 2.66. The van der Waals surface area contributed by atoms with E-state index in [2.05, 4.69) is 30.5 Å². The molecule has 2 nitrogen and oxygen atoms in total. The minimum absolute atomic E-state index is 0.552. The number of rotatable bonds is 7. The number of thioether (sulfide) groups is 1. The third kappa shape index (κ3) is 4.56. The van der Waals surface area contributed by atoms with Gasteiger partial charge in [-0.3, -0.25) is 0 Å². The van der Waals surface area contributed by atoms with Crippen LogP contribution in [0.5, 0.6) is 11.5 Å². The standard InChI is InChI=1S/C21H20O2S/c1-24-21-13-12-19(22-15-17-8-4-2-5-9-17)14-20(21)23-16-18-10-6-3-7-11-18/h2-14H,15-16H2,1H3. The zero-order valence-electron chi connectivity index (χ0n) is 13.6. The van der Waals surface area contributed by atoms with Crippen molar-refractivity contribution >= 4 is 11.8 Å². The molecule has 0 bridgehead atoms. The van der Waals surface area contributed by atoms with Crippen molar-refractivity contribution in [1.82, 2.24) is 0 Å². The minimum atomic E-state index is 0.552. The van der Waals surface area contributed by atoms with Crippen molar-refractivity contribution in [2.45, 2.75) is 18.1 Å². The second-order valence-electron chi connectivity index (χ2n) is 5.36. The fraction of sp³-hybridized carbons (Fsp3) is 0.143. The van der Waals surface area contributed by atoms with Gasteiger partial charge in [0.2, 0.25) is 0 Å². The van der Waals surface area contributed by atoms with E-state index in [0.29, 0.717) is 13.2 Å². The van der Waals surface area contributed by atoms with Crippen LogP contribution in [-0.4, -0.2) is 6.26 Å². The van der Waals surface area contributed by atoms with Gasteiger partial charge in [-0.2, -0.15) is 0 Å². The van der Waals surface area contributed by atoms with Crippen LogP contribution in [-0.2, 0) is 13.2 Å². The highest BCUT2D eigenvalue weighted by Gasteiger charge is 2.06. The Balaban J connectivity index is 1.68. The summed E-state index contributed by atoms with van der Waals surface area (Å²) in [5, 5.41) is 0. The number of hydrogen-bond donors (Lipinski definition) is 0. The normalized spacial score (nSPS) is 10.4. The van der Waals surface area contributed by atoms with Crippen LogP contribution < -0.4 is 9.47 Å². The molecule has 0 N–H and O–H groups in total. The maximum absolute atomic E-state index is 6.01. The van der Waals surface area contributed by atoms with Crippen molar-refractivity contribution in [1.29, 1.82) is 0 Å². The predicted molar refractivity (Wildman–Crippen MR) is 99.8 cm³/mol. The fourth-order valence-electron chi connectivity index (χ4n) is 2.34. The molecule has 0 aromatic heterocycles. The van der Waals surface area contributed by atoms with Gasteiger partial charge in [0.15, 0.2) is 0 Å². The first-order valence-corrected chi connectivity index (χ1v) is 9.09. The summed E-state index contributed by atoms with van der Waals surface area (Å²) in [5.74, 6) is 1.68. The van der Waals surface area contributed by atoms with E-state index in [1.54, 1.807) is 11.8 Å². The van der Waals surface area contributed by atoms with E-state index in [-0.39, 0.29) is 0 Å². The zero-order valence-corrected chi connectivity index (χ0v) is 14.5. The van der Waals surface area contributed by atoms with E-state index in [0.717, 1.165) is 27.5 Å². The highest BCUT2D eigenvalue weighted by atomic mass is 32.2. The molecule has 3 aromatic rings. The molecule has 0 spiro atoms. The quantitative estimate of drug-likeness (QED) is 0.526. The topological polar surface area (TPSA) is 18.5 Å². The first kappa shape index (κ1) is 16.5. The zero-order chi connectivity index (χ0) is 16.6. The van der Waals surface area contributed by atoms with Gasteiger partial charge in [-0.15, -0.1) is 11.8 Å². The van der Waals surface area contributed by atoms with E-state index < -0.39 is 0 Å². The van der Waals surface area contributed by atoms with Crippen LogP contribution in [0, 0.1) is 0 Å². The Kier molecular flexibility index (Phi) is 5.80. The van der Waals surface area contributed by atoms with Gasteiger partial charge in [-0.05, 0) is 29.5 Å². The summed E-state index contributed by atoms with van der Waals surface area (Å²) in [4.78, 5) is 1.11. The van der Waals surface area contributed by atoms with Gasteiger partial charge in [0.25, 0.3) is 0 Å². The lowest BCUT2D eigenvalue weighted by Gasteiger charge is -2.13. The third-order valence-electron chi connectivity index (χ3n) is 3.62. The molecule has 0 amide bonds. The van der Waals surface area contributed by atoms with E-state index in [1.807, 2.05) is 54.6 Å². The molecule has 0 radical (unpaired) electrons. The Hall–Kier alpha value is -2.39. The smallest absolute Gasteiger partial charge is 0.137 e. The van der Waals surface area contributed by atoms with Crippen molar-refractivity contribution in [3.63, 3.8) is 0 Å². The van der Waals surface area contributed by atoms with Crippen molar-refractivity contribution in [2.75, 3.05) is 6.26 Å². The molecule has 0 heterocycles. The molecule has 3 rings (SSSR count). The van der Waals surface area contributed by atoms with Gasteiger partial charge in [0, 0.05) is 11.0 Å². The molecular formula is C21H20O2S. The van der Waals surface area contributed by atoms with Crippen LogP contribution in [0.2, 0.25) is 0 Å². The molecule has 0 fully saturated rings. The molecule has 3 aromatic carbocycles. The lowest BCUT2D eigenvalue weighted by molar-refractivity contribution is 0.285. The maximum atomic E-state index is 6.01. The van der Waals surface area contributed by atoms with Gasteiger partial charge in [0.05, 0.1) is 0 Å².